The Labute approximate surface area is 202 Å². The van der Waals surface area contributed by atoms with Gasteiger partial charge >= 0.3 is 6.61 Å². The Hall–Kier alpha value is -4.20. The number of halogens is 2. The Bertz CT molecular complexity index is 1260. The fourth-order valence-corrected chi connectivity index (χ4v) is 3.78. The van der Waals surface area contributed by atoms with Gasteiger partial charge in [0.05, 0.1) is 13.7 Å². The van der Waals surface area contributed by atoms with E-state index in [9.17, 15) is 13.6 Å². The van der Waals surface area contributed by atoms with Crippen molar-refractivity contribution in [3.63, 3.8) is 0 Å². The molecule has 0 fully saturated rings. The molecule has 1 N–H and O–H groups in total. The number of alkyl halides is 2. The fourth-order valence-electron chi connectivity index (χ4n) is 3.78. The molecule has 0 saturated heterocycles. The highest BCUT2D eigenvalue weighted by molar-refractivity contribution is 6.00. The summed E-state index contributed by atoms with van der Waals surface area (Å²) in [4.78, 5) is 13.0. The van der Waals surface area contributed by atoms with Gasteiger partial charge in [0.1, 0.15) is 0 Å². The standard InChI is InChI=1S/C27H25F2N3O3/c1-34-24-12-9-19(17-25(24)35-27(28)29)13-15-30-26(33)23-6-3-2-5-22(23)21-10-7-20(8-11-21)18-32-16-4-14-31-32/h2-12,14,16-17,27H,13,15,18H2,1H3,(H,30,33). The lowest BCUT2D eigenvalue weighted by molar-refractivity contribution is -0.0512. The zero-order chi connectivity index (χ0) is 24.6. The maximum absolute atomic E-state index is 13.0. The van der Waals surface area contributed by atoms with E-state index in [2.05, 4.69) is 15.2 Å². The highest BCUT2D eigenvalue weighted by atomic mass is 19.3. The number of aromatic nitrogens is 2. The van der Waals surface area contributed by atoms with Crippen molar-refractivity contribution in [2.45, 2.75) is 19.6 Å². The lowest BCUT2D eigenvalue weighted by Gasteiger charge is -2.13. The quantitative estimate of drug-likeness (QED) is 0.342. The summed E-state index contributed by atoms with van der Waals surface area (Å²) in [5.41, 5.74) is 4.16. The number of hydrogen-bond donors (Lipinski definition) is 1. The van der Waals surface area contributed by atoms with Crippen molar-refractivity contribution in [1.82, 2.24) is 15.1 Å². The molecule has 1 amide bonds. The second-order valence-electron chi connectivity index (χ2n) is 7.82. The SMILES string of the molecule is COc1ccc(CCNC(=O)c2ccccc2-c2ccc(Cn3cccn3)cc2)cc1OC(F)F. The van der Waals surface area contributed by atoms with Crippen LogP contribution < -0.4 is 14.8 Å². The molecule has 0 atom stereocenters. The number of carbonyl (C=O) groups excluding carboxylic acids is 1. The molecule has 4 rings (SSSR count). The summed E-state index contributed by atoms with van der Waals surface area (Å²) >= 11 is 0. The minimum absolute atomic E-state index is 0.0346. The van der Waals surface area contributed by atoms with Crippen molar-refractivity contribution in [2.24, 2.45) is 0 Å². The van der Waals surface area contributed by atoms with Crippen LogP contribution in [0, 0.1) is 0 Å². The van der Waals surface area contributed by atoms with Crippen molar-refractivity contribution in [3.05, 3.63) is 102 Å². The summed E-state index contributed by atoms with van der Waals surface area (Å²) in [6.07, 6.45) is 4.10. The molecule has 0 aliphatic rings. The lowest BCUT2D eigenvalue weighted by atomic mass is 9.98. The second kappa shape index (κ2) is 11.3. The number of rotatable bonds is 10. The molecule has 8 heteroatoms. The highest BCUT2D eigenvalue weighted by Crippen LogP contribution is 2.29. The molecule has 180 valence electrons. The predicted molar refractivity (Wildman–Crippen MR) is 129 cm³/mol. The lowest BCUT2D eigenvalue weighted by Crippen LogP contribution is -2.26. The van der Waals surface area contributed by atoms with Gasteiger partial charge in [0.2, 0.25) is 0 Å². The Morgan fingerprint density at radius 1 is 1.00 bits per heavy atom. The number of hydrogen-bond acceptors (Lipinski definition) is 4. The molecule has 35 heavy (non-hydrogen) atoms. The van der Waals surface area contributed by atoms with Gasteiger partial charge in [-0.05, 0) is 52.9 Å². The van der Waals surface area contributed by atoms with Crippen LogP contribution in [-0.4, -0.2) is 36.0 Å². The first kappa shape index (κ1) is 23.9. The third-order valence-electron chi connectivity index (χ3n) is 5.48. The number of amides is 1. The highest BCUT2D eigenvalue weighted by Gasteiger charge is 2.14. The average molecular weight is 478 g/mol. The summed E-state index contributed by atoms with van der Waals surface area (Å²) in [5, 5.41) is 7.14. The van der Waals surface area contributed by atoms with Gasteiger partial charge in [0, 0.05) is 24.5 Å². The van der Waals surface area contributed by atoms with Crippen LogP contribution in [-0.2, 0) is 13.0 Å². The molecule has 3 aromatic carbocycles. The van der Waals surface area contributed by atoms with Gasteiger partial charge in [-0.15, -0.1) is 0 Å². The molecule has 0 spiro atoms. The number of ether oxygens (including phenoxy) is 2. The van der Waals surface area contributed by atoms with E-state index in [4.69, 9.17) is 4.74 Å². The number of nitrogens with zero attached hydrogens (tertiary/aromatic N) is 2. The number of carbonyl (C=O) groups is 1. The van der Waals surface area contributed by atoms with Crippen molar-refractivity contribution < 1.29 is 23.0 Å². The van der Waals surface area contributed by atoms with E-state index in [1.165, 1.54) is 13.2 Å². The van der Waals surface area contributed by atoms with Gasteiger partial charge in [0.25, 0.3) is 5.91 Å². The molecule has 0 aliphatic heterocycles. The van der Waals surface area contributed by atoms with Crippen LogP contribution >= 0.6 is 0 Å². The van der Waals surface area contributed by atoms with Gasteiger partial charge in [0.15, 0.2) is 11.5 Å². The van der Waals surface area contributed by atoms with Crippen molar-refractivity contribution >= 4 is 5.91 Å². The average Bonchev–Trinajstić information content (AvgIpc) is 3.37. The van der Waals surface area contributed by atoms with Crippen LogP contribution in [0.4, 0.5) is 8.78 Å². The summed E-state index contributed by atoms with van der Waals surface area (Å²) < 4.78 is 36.8. The zero-order valence-corrected chi connectivity index (χ0v) is 19.2. The van der Waals surface area contributed by atoms with E-state index in [1.807, 2.05) is 59.4 Å². The molecule has 4 aromatic rings. The Morgan fingerprint density at radius 3 is 2.49 bits per heavy atom. The molecule has 1 aromatic heterocycles. The van der Waals surface area contributed by atoms with E-state index in [1.54, 1.807) is 24.4 Å². The van der Waals surface area contributed by atoms with Gasteiger partial charge in [-0.1, -0.05) is 48.5 Å². The molecular formula is C27H25F2N3O3. The first-order valence-corrected chi connectivity index (χ1v) is 11.1. The smallest absolute Gasteiger partial charge is 0.387 e. The molecule has 6 nitrogen and oxygen atoms in total. The Morgan fingerprint density at radius 2 is 1.77 bits per heavy atom. The van der Waals surface area contributed by atoms with Gasteiger partial charge in [-0.2, -0.15) is 13.9 Å². The van der Waals surface area contributed by atoms with Crippen LogP contribution in [0.15, 0.2) is 85.2 Å². The molecule has 0 radical (unpaired) electrons. The monoisotopic (exact) mass is 477 g/mol. The molecule has 1 heterocycles. The fraction of sp³-hybridized carbons (Fsp3) is 0.185. The topological polar surface area (TPSA) is 65.4 Å². The maximum Gasteiger partial charge on any atom is 0.387 e. The van der Waals surface area contributed by atoms with Crippen molar-refractivity contribution in [3.8, 4) is 22.6 Å². The molecular weight excluding hydrogens is 452 g/mol. The van der Waals surface area contributed by atoms with E-state index in [0.29, 0.717) is 25.1 Å². The summed E-state index contributed by atoms with van der Waals surface area (Å²) in [6.45, 7) is -1.95. The number of benzene rings is 3. The summed E-state index contributed by atoms with van der Waals surface area (Å²) in [6, 6.07) is 22.1. The molecule has 0 aliphatic carbocycles. The van der Waals surface area contributed by atoms with Crippen molar-refractivity contribution in [2.75, 3.05) is 13.7 Å². The summed E-state index contributed by atoms with van der Waals surface area (Å²) in [7, 11) is 1.39. The van der Waals surface area contributed by atoms with Crippen LogP contribution in [0.1, 0.15) is 21.5 Å². The summed E-state index contributed by atoms with van der Waals surface area (Å²) in [5.74, 6) is -0.0193. The van der Waals surface area contributed by atoms with Crippen LogP contribution in [0.25, 0.3) is 11.1 Å². The Balaban J connectivity index is 1.41. The van der Waals surface area contributed by atoms with E-state index in [0.717, 1.165) is 22.3 Å². The number of methoxy groups -OCH3 is 1. The third kappa shape index (κ3) is 6.23. The first-order valence-electron chi connectivity index (χ1n) is 11.1. The first-order chi connectivity index (χ1) is 17.0. The van der Waals surface area contributed by atoms with Crippen molar-refractivity contribution in [1.29, 1.82) is 0 Å². The van der Waals surface area contributed by atoms with Gasteiger partial charge < -0.3 is 14.8 Å². The molecule has 0 bridgehead atoms. The Kier molecular flexibility index (Phi) is 7.72. The normalized spacial score (nSPS) is 10.9. The zero-order valence-electron chi connectivity index (χ0n) is 19.2. The maximum atomic E-state index is 13.0. The minimum atomic E-state index is -2.95. The van der Waals surface area contributed by atoms with Gasteiger partial charge in [-0.25, -0.2) is 0 Å². The number of nitrogens with one attached hydrogen (secondary N) is 1. The predicted octanol–water partition coefficient (Wildman–Crippen LogP) is 5.18. The van der Waals surface area contributed by atoms with Crippen LogP contribution in [0.5, 0.6) is 11.5 Å². The molecule has 0 saturated carbocycles. The largest absolute Gasteiger partial charge is 0.493 e. The minimum Gasteiger partial charge on any atom is -0.493 e. The second-order valence-corrected chi connectivity index (χ2v) is 7.82. The van der Waals surface area contributed by atoms with Gasteiger partial charge in [-0.3, -0.25) is 9.48 Å². The molecule has 0 unspecified atom stereocenters. The van der Waals surface area contributed by atoms with E-state index in [-0.39, 0.29) is 17.4 Å². The van der Waals surface area contributed by atoms with E-state index < -0.39 is 6.61 Å². The van der Waals surface area contributed by atoms with Crippen LogP contribution in [0.2, 0.25) is 0 Å². The van der Waals surface area contributed by atoms with E-state index >= 15 is 0 Å². The third-order valence-corrected chi connectivity index (χ3v) is 5.48. The van der Waals surface area contributed by atoms with Crippen LogP contribution in [0.3, 0.4) is 0 Å².